The number of aromatic amines is 1. The molecular formula is C17H22N2O2. The topological polar surface area (TPSA) is 45.3 Å². The summed E-state index contributed by atoms with van der Waals surface area (Å²) in [6.45, 7) is 7.98. The molecule has 1 aromatic heterocycles. The zero-order chi connectivity index (χ0) is 15.2. The number of carbonyl (C=O) groups excluding carboxylic acids is 1. The van der Waals surface area contributed by atoms with Crippen LogP contribution in [0.4, 0.5) is 4.79 Å². The molecule has 0 bridgehead atoms. The molecule has 0 unspecified atom stereocenters. The van der Waals surface area contributed by atoms with Gasteiger partial charge in [-0.1, -0.05) is 26.8 Å². The van der Waals surface area contributed by atoms with Crippen LogP contribution >= 0.6 is 0 Å². The van der Waals surface area contributed by atoms with Crippen LogP contribution in [0.2, 0.25) is 0 Å². The lowest BCUT2D eigenvalue weighted by atomic mass is 9.86. The van der Waals surface area contributed by atoms with Crippen LogP contribution < -0.4 is 0 Å². The summed E-state index contributed by atoms with van der Waals surface area (Å²) in [4.78, 5) is 17.0. The Bertz CT molecular complexity index is 695. The van der Waals surface area contributed by atoms with Crippen LogP contribution in [0.15, 0.2) is 18.2 Å². The van der Waals surface area contributed by atoms with Gasteiger partial charge in [0.1, 0.15) is 0 Å². The van der Waals surface area contributed by atoms with Crippen LogP contribution in [-0.4, -0.2) is 29.6 Å². The van der Waals surface area contributed by atoms with E-state index in [-0.39, 0.29) is 11.5 Å². The lowest BCUT2D eigenvalue weighted by molar-refractivity contribution is 0.119. The van der Waals surface area contributed by atoms with Gasteiger partial charge >= 0.3 is 6.09 Å². The third-order valence-electron chi connectivity index (χ3n) is 4.27. The average Bonchev–Trinajstić information content (AvgIpc) is 2.82. The van der Waals surface area contributed by atoms with Gasteiger partial charge in [-0.2, -0.15) is 0 Å². The second kappa shape index (κ2) is 4.79. The summed E-state index contributed by atoms with van der Waals surface area (Å²) in [7, 11) is 1.44. The Hall–Kier alpha value is -1.97. The number of hydrogen-bond donors (Lipinski definition) is 1. The van der Waals surface area contributed by atoms with Gasteiger partial charge in [0, 0.05) is 35.1 Å². The Labute approximate surface area is 125 Å². The Morgan fingerprint density at radius 1 is 1.33 bits per heavy atom. The predicted molar refractivity (Wildman–Crippen MR) is 83.5 cm³/mol. The summed E-state index contributed by atoms with van der Waals surface area (Å²) in [6, 6.07) is 6.59. The van der Waals surface area contributed by atoms with Crippen molar-refractivity contribution in [3.63, 3.8) is 0 Å². The molecule has 4 nitrogen and oxygen atoms in total. The maximum absolute atomic E-state index is 11.8. The fourth-order valence-electron chi connectivity index (χ4n) is 2.97. The van der Waals surface area contributed by atoms with Gasteiger partial charge < -0.3 is 14.6 Å². The van der Waals surface area contributed by atoms with E-state index in [0.717, 1.165) is 11.9 Å². The van der Waals surface area contributed by atoms with E-state index < -0.39 is 0 Å². The minimum atomic E-state index is -0.248. The van der Waals surface area contributed by atoms with Gasteiger partial charge in [-0.05, 0) is 23.1 Å². The van der Waals surface area contributed by atoms with Crippen molar-refractivity contribution in [1.29, 1.82) is 0 Å². The first-order valence-corrected chi connectivity index (χ1v) is 7.37. The second-order valence-corrected chi connectivity index (χ2v) is 6.73. The summed E-state index contributed by atoms with van der Waals surface area (Å²) in [5.41, 5.74) is 5.06. The second-order valence-electron chi connectivity index (χ2n) is 6.73. The summed E-state index contributed by atoms with van der Waals surface area (Å²) in [5, 5.41) is 1.23. The molecule has 0 saturated carbocycles. The highest BCUT2D eigenvalue weighted by atomic mass is 16.5. The normalized spacial score (nSPS) is 15.1. The highest BCUT2D eigenvalue weighted by Gasteiger charge is 2.25. The number of methoxy groups -OCH3 is 1. The number of aromatic nitrogens is 1. The van der Waals surface area contributed by atoms with Gasteiger partial charge in [-0.15, -0.1) is 0 Å². The molecule has 1 amide bonds. The molecule has 3 rings (SSSR count). The van der Waals surface area contributed by atoms with Crippen LogP contribution in [0, 0.1) is 0 Å². The molecule has 0 spiro atoms. The quantitative estimate of drug-likeness (QED) is 0.804. The number of ether oxygens (including phenoxy) is 1. The maximum Gasteiger partial charge on any atom is 0.409 e. The van der Waals surface area contributed by atoms with Crippen LogP contribution in [0.25, 0.3) is 10.9 Å². The van der Waals surface area contributed by atoms with E-state index in [2.05, 4.69) is 44.0 Å². The van der Waals surface area contributed by atoms with Gasteiger partial charge in [0.15, 0.2) is 0 Å². The largest absolute Gasteiger partial charge is 0.453 e. The molecule has 1 aliphatic heterocycles. The third kappa shape index (κ3) is 2.39. The van der Waals surface area contributed by atoms with Gasteiger partial charge in [0.2, 0.25) is 0 Å². The standard InChI is InChI=1S/C17H22N2O2/c1-17(2,3)11-5-6-14-12(9-11)13-10-19(16(20)21-4)8-7-15(13)18-14/h5-6,9,18H,7-8,10H2,1-4H3. The van der Waals surface area contributed by atoms with Crippen LogP contribution in [-0.2, 0) is 23.1 Å². The summed E-state index contributed by atoms with van der Waals surface area (Å²) in [5.74, 6) is 0. The van der Waals surface area contributed by atoms with Gasteiger partial charge in [-0.25, -0.2) is 4.79 Å². The number of carbonyl (C=O) groups is 1. The first-order chi connectivity index (χ1) is 9.90. The maximum atomic E-state index is 11.8. The fraction of sp³-hybridized carbons (Fsp3) is 0.471. The Morgan fingerprint density at radius 2 is 2.10 bits per heavy atom. The molecule has 21 heavy (non-hydrogen) atoms. The lowest BCUT2D eigenvalue weighted by Gasteiger charge is -2.26. The number of fused-ring (bicyclic) bond motifs is 3. The SMILES string of the molecule is COC(=O)N1CCc2[nH]c3ccc(C(C)(C)C)cc3c2C1. The van der Waals surface area contributed by atoms with Crippen molar-refractivity contribution in [2.45, 2.75) is 39.2 Å². The molecule has 0 fully saturated rings. The molecule has 0 saturated heterocycles. The van der Waals surface area contributed by atoms with Gasteiger partial charge in [-0.3, -0.25) is 0 Å². The number of hydrogen-bond acceptors (Lipinski definition) is 2. The van der Waals surface area contributed by atoms with Crippen molar-refractivity contribution in [3.8, 4) is 0 Å². The van der Waals surface area contributed by atoms with Crippen molar-refractivity contribution in [1.82, 2.24) is 9.88 Å². The van der Waals surface area contributed by atoms with Crippen molar-refractivity contribution < 1.29 is 9.53 Å². The Kier molecular flexibility index (Phi) is 3.19. The Morgan fingerprint density at radius 3 is 2.76 bits per heavy atom. The minimum Gasteiger partial charge on any atom is -0.453 e. The zero-order valence-electron chi connectivity index (χ0n) is 13.1. The summed E-state index contributed by atoms with van der Waals surface area (Å²) < 4.78 is 4.85. The molecule has 1 aromatic carbocycles. The van der Waals surface area contributed by atoms with E-state index in [1.165, 1.54) is 29.3 Å². The predicted octanol–water partition coefficient (Wildman–Crippen LogP) is 3.59. The number of amides is 1. The van der Waals surface area contributed by atoms with E-state index in [4.69, 9.17) is 4.74 Å². The van der Waals surface area contributed by atoms with Crippen LogP contribution in [0.1, 0.15) is 37.6 Å². The molecule has 0 radical (unpaired) electrons. The van der Waals surface area contributed by atoms with Crippen molar-refractivity contribution in [3.05, 3.63) is 35.0 Å². The monoisotopic (exact) mass is 286 g/mol. The zero-order valence-corrected chi connectivity index (χ0v) is 13.1. The van der Waals surface area contributed by atoms with Crippen molar-refractivity contribution in [2.24, 2.45) is 0 Å². The van der Waals surface area contributed by atoms with E-state index in [1.807, 2.05) is 0 Å². The number of rotatable bonds is 0. The molecule has 0 aliphatic carbocycles. The smallest absolute Gasteiger partial charge is 0.409 e. The van der Waals surface area contributed by atoms with Gasteiger partial charge in [0.05, 0.1) is 13.7 Å². The molecule has 112 valence electrons. The minimum absolute atomic E-state index is 0.120. The molecule has 2 heterocycles. The highest BCUT2D eigenvalue weighted by Crippen LogP contribution is 2.32. The van der Waals surface area contributed by atoms with E-state index in [1.54, 1.807) is 4.90 Å². The van der Waals surface area contributed by atoms with Crippen molar-refractivity contribution in [2.75, 3.05) is 13.7 Å². The molecule has 2 aromatic rings. The first-order valence-electron chi connectivity index (χ1n) is 7.37. The highest BCUT2D eigenvalue weighted by molar-refractivity contribution is 5.86. The van der Waals surface area contributed by atoms with Crippen LogP contribution in [0.3, 0.4) is 0 Å². The van der Waals surface area contributed by atoms with E-state index in [0.29, 0.717) is 13.1 Å². The Balaban J connectivity index is 2.06. The number of nitrogens with zero attached hydrogens (tertiary/aromatic N) is 1. The molecular weight excluding hydrogens is 264 g/mol. The average molecular weight is 286 g/mol. The van der Waals surface area contributed by atoms with Gasteiger partial charge in [0.25, 0.3) is 0 Å². The number of benzene rings is 1. The lowest BCUT2D eigenvalue weighted by Crippen LogP contribution is -2.35. The summed E-state index contributed by atoms with van der Waals surface area (Å²) in [6.07, 6.45) is 0.603. The van der Waals surface area contributed by atoms with E-state index >= 15 is 0 Å². The first kappa shape index (κ1) is 14.0. The van der Waals surface area contributed by atoms with Crippen molar-refractivity contribution >= 4 is 17.0 Å². The molecule has 0 atom stereocenters. The molecule has 1 aliphatic rings. The summed E-state index contributed by atoms with van der Waals surface area (Å²) >= 11 is 0. The fourth-order valence-corrected chi connectivity index (χ4v) is 2.97. The molecule has 1 N–H and O–H groups in total. The molecule has 4 heteroatoms. The van der Waals surface area contributed by atoms with E-state index in [9.17, 15) is 4.79 Å². The van der Waals surface area contributed by atoms with Crippen LogP contribution in [0.5, 0.6) is 0 Å². The number of H-pyrrole nitrogens is 1. The number of nitrogens with one attached hydrogen (secondary N) is 1. The third-order valence-corrected chi connectivity index (χ3v) is 4.27.